The van der Waals surface area contributed by atoms with Gasteiger partial charge < -0.3 is 15.4 Å². The van der Waals surface area contributed by atoms with Gasteiger partial charge in [-0.15, -0.1) is 24.0 Å². The molecule has 2 N–H and O–H groups in total. The largest absolute Gasteiger partial charge is 0.373 e. The van der Waals surface area contributed by atoms with Gasteiger partial charge in [-0.3, -0.25) is 4.99 Å². The predicted molar refractivity (Wildman–Crippen MR) is 85.5 cm³/mol. The zero-order valence-electron chi connectivity index (χ0n) is 11.5. The van der Waals surface area contributed by atoms with E-state index in [1.165, 1.54) is 12.8 Å². The Kier molecular flexibility index (Phi) is 6.17. The van der Waals surface area contributed by atoms with Gasteiger partial charge in [0.15, 0.2) is 5.96 Å². The lowest BCUT2D eigenvalue weighted by atomic mass is 9.99. The van der Waals surface area contributed by atoms with Crippen LogP contribution in [-0.2, 0) is 4.74 Å². The summed E-state index contributed by atoms with van der Waals surface area (Å²) in [4.78, 5) is 6.73. The van der Waals surface area contributed by atoms with E-state index in [4.69, 9.17) is 10.5 Å². The van der Waals surface area contributed by atoms with Crippen LogP contribution < -0.4 is 5.73 Å². The van der Waals surface area contributed by atoms with Gasteiger partial charge in [0.25, 0.3) is 0 Å². The van der Waals surface area contributed by atoms with Crippen LogP contribution in [0.15, 0.2) is 4.99 Å². The van der Waals surface area contributed by atoms with Crippen molar-refractivity contribution in [2.45, 2.75) is 45.1 Å². The summed E-state index contributed by atoms with van der Waals surface area (Å²) in [5.74, 6) is 1.53. The Balaban J connectivity index is 0.00000162. The first-order valence-corrected chi connectivity index (χ1v) is 6.78. The fourth-order valence-corrected chi connectivity index (χ4v) is 2.55. The highest BCUT2D eigenvalue weighted by Crippen LogP contribution is 2.25. The van der Waals surface area contributed by atoms with Crippen molar-refractivity contribution in [1.29, 1.82) is 0 Å². The number of likely N-dealkylation sites (tertiary alicyclic amines) is 1. The molecule has 0 saturated carbocycles. The maximum Gasteiger partial charge on any atom is 0.191 e. The van der Waals surface area contributed by atoms with Crippen LogP contribution in [0.1, 0.15) is 39.5 Å². The van der Waals surface area contributed by atoms with Gasteiger partial charge in [-0.1, -0.05) is 6.92 Å². The smallest absolute Gasteiger partial charge is 0.191 e. The zero-order chi connectivity index (χ0) is 12.3. The summed E-state index contributed by atoms with van der Waals surface area (Å²) in [5, 5.41) is 0. The molecular weight excluding hydrogens is 341 g/mol. The Hall–Kier alpha value is -0.0400. The van der Waals surface area contributed by atoms with Crippen molar-refractivity contribution >= 4 is 29.9 Å². The van der Waals surface area contributed by atoms with Gasteiger partial charge in [0.05, 0.1) is 12.1 Å². The molecule has 4 nitrogen and oxygen atoms in total. The third-order valence-electron chi connectivity index (χ3n) is 3.98. The van der Waals surface area contributed by atoms with E-state index in [-0.39, 0.29) is 29.6 Å². The average Bonchev–Trinajstić information content (AvgIpc) is 2.75. The number of nitrogens with zero attached hydrogens (tertiary/aromatic N) is 2. The minimum absolute atomic E-state index is 0. The molecule has 1 unspecified atom stereocenters. The molecule has 0 aromatic rings. The Bertz CT molecular complexity index is 282. The molecule has 2 aliphatic rings. The third-order valence-corrected chi connectivity index (χ3v) is 3.98. The van der Waals surface area contributed by atoms with Crippen LogP contribution in [0.2, 0.25) is 0 Å². The maximum absolute atomic E-state index is 6.05. The molecule has 0 amide bonds. The number of ether oxygens (including phenoxy) is 1. The molecule has 2 saturated heterocycles. The summed E-state index contributed by atoms with van der Waals surface area (Å²) in [6.45, 7) is 8.10. The van der Waals surface area contributed by atoms with Crippen LogP contribution in [-0.4, -0.2) is 42.7 Å². The van der Waals surface area contributed by atoms with E-state index in [1.54, 1.807) is 0 Å². The molecule has 0 aromatic carbocycles. The van der Waals surface area contributed by atoms with Gasteiger partial charge >= 0.3 is 0 Å². The van der Waals surface area contributed by atoms with Gasteiger partial charge in [-0.2, -0.15) is 0 Å². The van der Waals surface area contributed by atoms with E-state index >= 15 is 0 Å². The molecular formula is C13H26IN3O. The predicted octanol–water partition coefficient (Wildman–Crippen LogP) is 2.22. The van der Waals surface area contributed by atoms with Crippen LogP contribution >= 0.6 is 24.0 Å². The monoisotopic (exact) mass is 367 g/mol. The molecule has 0 aromatic heterocycles. The van der Waals surface area contributed by atoms with Crippen molar-refractivity contribution in [3.63, 3.8) is 0 Å². The van der Waals surface area contributed by atoms with E-state index in [1.807, 2.05) is 0 Å². The molecule has 0 radical (unpaired) electrons. The highest BCUT2D eigenvalue weighted by atomic mass is 127. The lowest BCUT2D eigenvalue weighted by Gasteiger charge is -2.31. The standard InChI is InChI=1S/C13H25N3O.HI/c1-11-4-7-16(8-5-11)12(14)15-10-13(2)6-3-9-17-13;/h11H,3-10H2,1-2H3,(H2,14,15);1H. The van der Waals surface area contributed by atoms with Gasteiger partial charge in [0, 0.05) is 19.7 Å². The topological polar surface area (TPSA) is 50.8 Å². The van der Waals surface area contributed by atoms with Gasteiger partial charge in [-0.05, 0) is 38.5 Å². The molecule has 0 aliphatic carbocycles. The molecule has 0 spiro atoms. The van der Waals surface area contributed by atoms with E-state index in [9.17, 15) is 0 Å². The highest BCUT2D eigenvalue weighted by molar-refractivity contribution is 14.0. The van der Waals surface area contributed by atoms with Gasteiger partial charge in [0.1, 0.15) is 0 Å². The fraction of sp³-hybridized carbons (Fsp3) is 0.923. The molecule has 2 heterocycles. The summed E-state index contributed by atoms with van der Waals surface area (Å²) >= 11 is 0. The summed E-state index contributed by atoms with van der Waals surface area (Å²) in [6.07, 6.45) is 4.70. The van der Waals surface area contributed by atoms with E-state index < -0.39 is 0 Å². The van der Waals surface area contributed by atoms with Crippen LogP contribution in [0.25, 0.3) is 0 Å². The minimum atomic E-state index is -0.0757. The Labute approximate surface area is 127 Å². The molecule has 0 bridgehead atoms. The van der Waals surface area contributed by atoms with Crippen LogP contribution in [0, 0.1) is 5.92 Å². The second-order valence-corrected chi connectivity index (χ2v) is 5.75. The van der Waals surface area contributed by atoms with E-state index in [2.05, 4.69) is 23.7 Å². The molecule has 2 aliphatic heterocycles. The van der Waals surface area contributed by atoms with Gasteiger partial charge in [-0.25, -0.2) is 0 Å². The fourth-order valence-electron chi connectivity index (χ4n) is 2.55. The van der Waals surface area contributed by atoms with Crippen molar-refractivity contribution in [3.05, 3.63) is 0 Å². The molecule has 1 atom stereocenters. The number of nitrogens with two attached hydrogens (primary N) is 1. The zero-order valence-corrected chi connectivity index (χ0v) is 13.9. The van der Waals surface area contributed by atoms with E-state index in [0.29, 0.717) is 12.5 Å². The molecule has 5 heteroatoms. The van der Waals surface area contributed by atoms with Crippen molar-refractivity contribution in [2.75, 3.05) is 26.2 Å². The summed E-state index contributed by atoms with van der Waals surface area (Å²) in [7, 11) is 0. The molecule has 2 rings (SSSR count). The Morgan fingerprint density at radius 2 is 2.11 bits per heavy atom. The Morgan fingerprint density at radius 1 is 1.44 bits per heavy atom. The first-order valence-electron chi connectivity index (χ1n) is 6.78. The number of halogens is 1. The SMILES string of the molecule is CC1CCN(C(N)=NCC2(C)CCCO2)CC1.I. The van der Waals surface area contributed by atoms with Crippen LogP contribution in [0.4, 0.5) is 0 Å². The normalized spacial score (nSPS) is 30.3. The van der Waals surface area contributed by atoms with Crippen LogP contribution in [0.5, 0.6) is 0 Å². The quantitative estimate of drug-likeness (QED) is 0.463. The number of hydrogen-bond donors (Lipinski definition) is 1. The number of aliphatic imine (C=N–C) groups is 1. The Morgan fingerprint density at radius 3 is 2.67 bits per heavy atom. The highest BCUT2D eigenvalue weighted by Gasteiger charge is 2.29. The second-order valence-electron chi connectivity index (χ2n) is 5.75. The number of guanidine groups is 1. The van der Waals surface area contributed by atoms with Crippen molar-refractivity contribution in [3.8, 4) is 0 Å². The molecule has 2 fully saturated rings. The number of hydrogen-bond acceptors (Lipinski definition) is 2. The lowest BCUT2D eigenvalue weighted by Crippen LogP contribution is -2.43. The van der Waals surface area contributed by atoms with Crippen molar-refractivity contribution in [2.24, 2.45) is 16.6 Å². The van der Waals surface area contributed by atoms with Crippen LogP contribution in [0.3, 0.4) is 0 Å². The summed E-state index contributed by atoms with van der Waals surface area (Å²) < 4.78 is 5.71. The number of piperidine rings is 1. The van der Waals surface area contributed by atoms with Crippen molar-refractivity contribution < 1.29 is 4.74 Å². The number of rotatable bonds is 2. The second kappa shape index (κ2) is 6.93. The van der Waals surface area contributed by atoms with Gasteiger partial charge in [0.2, 0.25) is 0 Å². The summed E-state index contributed by atoms with van der Waals surface area (Å²) in [6, 6.07) is 0. The average molecular weight is 367 g/mol. The summed E-state index contributed by atoms with van der Waals surface area (Å²) in [5.41, 5.74) is 5.98. The first-order chi connectivity index (χ1) is 8.09. The van der Waals surface area contributed by atoms with E-state index in [0.717, 1.165) is 38.5 Å². The third kappa shape index (κ3) is 4.26. The first kappa shape index (κ1) is 16.0. The minimum Gasteiger partial charge on any atom is -0.373 e. The molecule has 18 heavy (non-hydrogen) atoms. The lowest BCUT2D eigenvalue weighted by molar-refractivity contribution is 0.0282. The maximum atomic E-state index is 6.05. The van der Waals surface area contributed by atoms with Crippen molar-refractivity contribution in [1.82, 2.24) is 4.90 Å². The molecule has 106 valence electrons.